The second kappa shape index (κ2) is 9.28. The molecule has 5 heteroatoms. The van der Waals surface area contributed by atoms with Crippen molar-refractivity contribution in [1.82, 2.24) is 10.2 Å². The number of ether oxygens (including phenoxy) is 1. The van der Waals surface area contributed by atoms with E-state index in [9.17, 15) is 0 Å². The Morgan fingerprint density at radius 3 is 2.54 bits per heavy atom. The van der Waals surface area contributed by atoms with Crippen LogP contribution in [0.2, 0.25) is 0 Å². The van der Waals surface area contributed by atoms with Crippen molar-refractivity contribution in [3.8, 4) is 5.75 Å². The molecular weight excluding hydrogens is 461 g/mol. The van der Waals surface area contributed by atoms with Crippen LogP contribution in [-0.2, 0) is 6.54 Å². The molecule has 1 aliphatic rings. The van der Waals surface area contributed by atoms with Crippen LogP contribution in [-0.4, -0.2) is 31.1 Å². The van der Waals surface area contributed by atoms with Crippen molar-refractivity contribution >= 4 is 40.7 Å². The summed E-state index contributed by atoms with van der Waals surface area (Å²) in [7, 11) is 1.70. The van der Waals surface area contributed by atoms with Gasteiger partial charge < -0.3 is 15.0 Å². The topological polar surface area (TPSA) is 36.9 Å². The van der Waals surface area contributed by atoms with Crippen molar-refractivity contribution in [2.45, 2.75) is 19.5 Å². The number of methoxy groups -OCH3 is 1. The number of halogens is 1. The molecule has 1 atom stereocenters. The Bertz CT molecular complexity index is 958. The third-order valence-electron chi connectivity index (χ3n) is 5.11. The van der Waals surface area contributed by atoms with Crippen molar-refractivity contribution in [2.75, 3.05) is 20.2 Å². The first-order valence-electron chi connectivity index (χ1n) is 9.44. The number of benzene rings is 3. The summed E-state index contributed by atoms with van der Waals surface area (Å²) in [6, 6.07) is 23.5. The number of nitrogens with one attached hydrogen (secondary N) is 1. The highest BCUT2D eigenvalue weighted by Gasteiger charge is 2.26. The fourth-order valence-corrected chi connectivity index (χ4v) is 3.56. The van der Waals surface area contributed by atoms with Crippen molar-refractivity contribution in [3.05, 3.63) is 77.9 Å². The van der Waals surface area contributed by atoms with E-state index in [1.807, 2.05) is 6.07 Å². The summed E-state index contributed by atoms with van der Waals surface area (Å²) in [5, 5.41) is 5.99. The minimum absolute atomic E-state index is 0. The highest BCUT2D eigenvalue weighted by Crippen LogP contribution is 2.23. The van der Waals surface area contributed by atoms with Crippen LogP contribution in [0.15, 0.2) is 71.7 Å². The lowest BCUT2D eigenvalue weighted by Crippen LogP contribution is -2.30. The van der Waals surface area contributed by atoms with Crippen molar-refractivity contribution in [2.24, 2.45) is 4.99 Å². The average Bonchev–Trinajstić information content (AvgIpc) is 3.15. The predicted octanol–water partition coefficient (Wildman–Crippen LogP) is 4.99. The van der Waals surface area contributed by atoms with Crippen LogP contribution in [0.4, 0.5) is 0 Å². The molecule has 1 unspecified atom stereocenters. The molecule has 1 saturated heterocycles. The molecule has 1 heterocycles. The molecule has 1 N–H and O–H groups in total. The third-order valence-corrected chi connectivity index (χ3v) is 5.11. The number of fused-ring (bicyclic) bond motifs is 1. The molecule has 0 bridgehead atoms. The van der Waals surface area contributed by atoms with Gasteiger partial charge in [0.05, 0.1) is 19.7 Å². The Morgan fingerprint density at radius 1 is 1.04 bits per heavy atom. The Kier molecular flexibility index (Phi) is 6.78. The second-order valence-corrected chi connectivity index (χ2v) is 6.83. The highest BCUT2D eigenvalue weighted by atomic mass is 127. The predicted molar refractivity (Wildman–Crippen MR) is 127 cm³/mol. The zero-order valence-electron chi connectivity index (χ0n) is 16.3. The average molecular weight is 487 g/mol. The lowest BCUT2D eigenvalue weighted by molar-refractivity contribution is 0.415. The quantitative estimate of drug-likeness (QED) is 0.516. The van der Waals surface area contributed by atoms with E-state index >= 15 is 0 Å². The first-order chi connectivity index (χ1) is 13.3. The number of rotatable bonds is 5. The molecule has 1 fully saturated rings. The van der Waals surface area contributed by atoms with E-state index in [1.54, 1.807) is 7.11 Å². The Labute approximate surface area is 183 Å². The Hall–Kier alpha value is -2.28. The third kappa shape index (κ3) is 4.41. The zero-order chi connectivity index (χ0) is 18.6. The highest BCUT2D eigenvalue weighted by molar-refractivity contribution is 14.0. The second-order valence-electron chi connectivity index (χ2n) is 6.83. The molecule has 0 amide bonds. The van der Waals surface area contributed by atoms with Gasteiger partial charge in [-0.25, -0.2) is 4.99 Å². The van der Waals surface area contributed by atoms with E-state index in [2.05, 4.69) is 77.8 Å². The van der Waals surface area contributed by atoms with Gasteiger partial charge in [-0.15, -0.1) is 24.0 Å². The van der Waals surface area contributed by atoms with Gasteiger partial charge in [0.2, 0.25) is 0 Å². The van der Waals surface area contributed by atoms with E-state index in [0.717, 1.165) is 24.8 Å². The fourth-order valence-electron chi connectivity index (χ4n) is 3.56. The number of guanidine groups is 1. The molecule has 0 aliphatic carbocycles. The first kappa shape index (κ1) is 20.5. The van der Waals surface area contributed by atoms with Gasteiger partial charge in [0.1, 0.15) is 5.75 Å². The monoisotopic (exact) mass is 487 g/mol. The van der Waals surface area contributed by atoms with Crippen LogP contribution in [0.1, 0.15) is 24.1 Å². The molecule has 0 aromatic heterocycles. The van der Waals surface area contributed by atoms with Gasteiger partial charge in [-0.2, -0.15) is 0 Å². The van der Waals surface area contributed by atoms with Gasteiger partial charge in [0, 0.05) is 13.1 Å². The first-order valence-corrected chi connectivity index (χ1v) is 9.44. The zero-order valence-corrected chi connectivity index (χ0v) is 18.6. The molecule has 146 valence electrons. The van der Waals surface area contributed by atoms with Gasteiger partial charge in [0.25, 0.3) is 0 Å². The van der Waals surface area contributed by atoms with Gasteiger partial charge in [-0.1, -0.05) is 48.5 Å². The SMILES string of the molecule is CCN1CC(c2ccccc2)NC1=NCc1ccc2cc(OC)ccc2c1.I. The van der Waals surface area contributed by atoms with E-state index < -0.39 is 0 Å². The van der Waals surface area contributed by atoms with Crippen molar-refractivity contribution < 1.29 is 4.74 Å². The number of aliphatic imine (C=N–C) groups is 1. The van der Waals surface area contributed by atoms with E-state index in [1.165, 1.54) is 21.9 Å². The maximum Gasteiger partial charge on any atom is 0.194 e. The van der Waals surface area contributed by atoms with Crippen LogP contribution in [0, 0.1) is 0 Å². The van der Waals surface area contributed by atoms with Crippen molar-refractivity contribution in [1.29, 1.82) is 0 Å². The molecular formula is C23H26IN3O. The molecule has 3 aromatic rings. The van der Waals surface area contributed by atoms with Gasteiger partial charge >= 0.3 is 0 Å². The van der Waals surface area contributed by atoms with Crippen LogP contribution < -0.4 is 10.1 Å². The molecule has 0 saturated carbocycles. The standard InChI is InChI=1S/C23H25N3O.HI/c1-3-26-16-22(18-7-5-4-6-8-18)25-23(26)24-15-17-9-10-20-14-21(27-2)12-11-19(20)13-17;/h4-14,22H,3,15-16H2,1-2H3,(H,24,25);1H. The molecule has 28 heavy (non-hydrogen) atoms. The number of nitrogens with zero attached hydrogens (tertiary/aromatic N) is 2. The van der Waals surface area contributed by atoms with E-state index in [4.69, 9.17) is 9.73 Å². The van der Waals surface area contributed by atoms with Gasteiger partial charge in [0.15, 0.2) is 5.96 Å². The van der Waals surface area contributed by atoms with Crippen LogP contribution >= 0.6 is 24.0 Å². The number of hydrogen-bond donors (Lipinski definition) is 1. The lowest BCUT2D eigenvalue weighted by atomic mass is 10.1. The summed E-state index contributed by atoms with van der Waals surface area (Å²) in [6.07, 6.45) is 0. The molecule has 0 spiro atoms. The molecule has 0 radical (unpaired) electrons. The minimum atomic E-state index is 0. The molecule has 4 rings (SSSR count). The van der Waals surface area contributed by atoms with Gasteiger partial charge in [-0.3, -0.25) is 0 Å². The summed E-state index contributed by atoms with van der Waals surface area (Å²) in [6.45, 7) is 4.75. The Balaban J connectivity index is 0.00000225. The maximum absolute atomic E-state index is 5.30. The summed E-state index contributed by atoms with van der Waals surface area (Å²) in [4.78, 5) is 7.18. The van der Waals surface area contributed by atoms with Crippen LogP contribution in [0.3, 0.4) is 0 Å². The Morgan fingerprint density at radius 2 is 1.79 bits per heavy atom. The summed E-state index contributed by atoms with van der Waals surface area (Å²) in [5.74, 6) is 1.87. The van der Waals surface area contributed by atoms with E-state index in [-0.39, 0.29) is 24.0 Å². The number of hydrogen-bond acceptors (Lipinski definition) is 2. The molecule has 4 nitrogen and oxygen atoms in total. The van der Waals surface area contributed by atoms with Crippen LogP contribution in [0.25, 0.3) is 10.8 Å². The summed E-state index contributed by atoms with van der Waals surface area (Å²) < 4.78 is 5.30. The fraction of sp³-hybridized carbons (Fsp3) is 0.261. The summed E-state index contributed by atoms with van der Waals surface area (Å²) >= 11 is 0. The summed E-state index contributed by atoms with van der Waals surface area (Å²) in [5.41, 5.74) is 2.52. The largest absolute Gasteiger partial charge is 0.497 e. The van der Waals surface area contributed by atoms with Gasteiger partial charge in [-0.05, 0) is 47.0 Å². The maximum atomic E-state index is 5.30. The normalized spacial score (nSPS) is 17.4. The van der Waals surface area contributed by atoms with E-state index in [0.29, 0.717) is 12.6 Å². The van der Waals surface area contributed by atoms with Crippen molar-refractivity contribution in [3.63, 3.8) is 0 Å². The lowest BCUT2D eigenvalue weighted by Gasteiger charge is -2.14. The number of likely N-dealkylation sites (N-methyl/N-ethyl adjacent to an activating group) is 1. The van der Waals surface area contributed by atoms with Crippen LogP contribution in [0.5, 0.6) is 5.75 Å². The molecule has 1 aliphatic heterocycles. The minimum Gasteiger partial charge on any atom is -0.497 e. The molecule has 3 aromatic carbocycles. The smallest absolute Gasteiger partial charge is 0.194 e.